The van der Waals surface area contributed by atoms with Crippen LogP contribution in [0.2, 0.25) is 0 Å². The third-order valence-electron chi connectivity index (χ3n) is 12.4. The molecule has 0 spiro atoms. The molecule has 0 heterocycles. The lowest BCUT2D eigenvalue weighted by molar-refractivity contribution is -0.929. The summed E-state index contributed by atoms with van der Waals surface area (Å²) in [5, 5.41) is 18.2. The molecule has 0 amide bonds. The Bertz CT molecular complexity index is 1160. The van der Waals surface area contributed by atoms with Crippen LogP contribution in [0.3, 0.4) is 0 Å². The SMILES string of the molecule is CCCCCCCCCC[N+](CCCCCCCCCC)(CCCCCCCCCC)CCCCCCCCCC.O=C(O)c1ccccc1Sc1ccccc1C(=O)O. The van der Waals surface area contributed by atoms with Crippen molar-refractivity contribution in [2.45, 2.75) is 243 Å². The number of hydrogen-bond donors (Lipinski definition) is 2. The summed E-state index contributed by atoms with van der Waals surface area (Å²) < 4.78 is 1.48. The summed E-state index contributed by atoms with van der Waals surface area (Å²) in [6, 6.07) is 13.0. The predicted octanol–water partition coefficient (Wildman–Crippen LogP) is 17.6. The van der Waals surface area contributed by atoms with Crippen LogP contribution in [0.4, 0.5) is 0 Å². The van der Waals surface area contributed by atoms with Gasteiger partial charge in [0.15, 0.2) is 0 Å². The minimum atomic E-state index is -1.03. The number of rotatable bonds is 40. The van der Waals surface area contributed by atoms with Gasteiger partial charge in [-0.15, -0.1) is 0 Å². The monoisotopic (exact) mass is 853 g/mol. The van der Waals surface area contributed by atoms with Crippen LogP contribution >= 0.6 is 11.8 Å². The van der Waals surface area contributed by atoms with Crippen molar-refractivity contribution in [1.82, 2.24) is 0 Å². The van der Waals surface area contributed by atoms with Gasteiger partial charge in [-0.3, -0.25) is 0 Å². The third-order valence-corrected chi connectivity index (χ3v) is 13.6. The minimum Gasteiger partial charge on any atom is -0.478 e. The lowest BCUT2D eigenvalue weighted by Gasteiger charge is -2.40. The molecule has 0 fully saturated rings. The summed E-state index contributed by atoms with van der Waals surface area (Å²) in [5.74, 6) is -2.06. The molecule has 0 aliphatic rings. The summed E-state index contributed by atoms with van der Waals surface area (Å²) in [6.45, 7) is 15.3. The Hall–Kier alpha value is -2.31. The summed E-state index contributed by atoms with van der Waals surface area (Å²) in [4.78, 5) is 23.2. The summed E-state index contributed by atoms with van der Waals surface area (Å²) in [5.41, 5.74) is 0.320. The van der Waals surface area contributed by atoms with E-state index in [2.05, 4.69) is 27.7 Å². The molecule has 6 heteroatoms. The number of quaternary nitrogens is 1. The largest absolute Gasteiger partial charge is 0.478 e. The van der Waals surface area contributed by atoms with E-state index in [9.17, 15) is 9.59 Å². The molecule has 0 saturated carbocycles. The van der Waals surface area contributed by atoms with Crippen LogP contribution < -0.4 is 0 Å². The number of benzene rings is 2. The molecule has 0 bridgehead atoms. The van der Waals surface area contributed by atoms with Gasteiger partial charge in [-0.1, -0.05) is 218 Å². The maximum Gasteiger partial charge on any atom is 0.336 e. The summed E-state index contributed by atoms with van der Waals surface area (Å²) >= 11 is 1.14. The fourth-order valence-corrected chi connectivity index (χ4v) is 9.64. The predicted molar refractivity (Wildman–Crippen MR) is 261 cm³/mol. The standard InChI is InChI=1S/C40H84N.C14H10O4S/c1-5-9-13-17-21-25-29-33-37-41(38-34-30-26-22-18-14-10-6-2,39-35-31-27-23-19-15-11-7-3)40-36-32-28-24-20-16-12-8-4;15-13(16)9-5-1-3-7-11(9)19-12-8-4-2-6-10(12)14(17)18/h5-40H2,1-4H3;1-8H,(H,15,16)(H,17,18)/q+1;. The zero-order valence-corrected chi connectivity index (χ0v) is 40.5. The van der Waals surface area contributed by atoms with Crippen molar-refractivity contribution in [3.8, 4) is 0 Å². The smallest absolute Gasteiger partial charge is 0.336 e. The number of hydrogen-bond acceptors (Lipinski definition) is 3. The van der Waals surface area contributed by atoms with Crippen molar-refractivity contribution in [3.05, 3.63) is 59.7 Å². The van der Waals surface area contributed by atoms with Crippen molar-refractivity contribution in [3.63, 3.8) is 0 Å². The Labute approximate surface area is 375 Å². The fraction of sp³-hybridized carbons (Fsp3) is 0.741. The molecule has 5 nitrogen and oxygen atoms in total. The van der Waals surface area contributed by atoms with Crippen molar-refractivity contribution >= 4 is 23.7 Å². The average Bonchev–Trinajstić information content (AvgIpc) is 3.25. The summed E-state index contributed by atoms with van der Waals surface area (Å²) in [7, 11) is 0. The van der Waals surface area contributed by atoms with E-state index in [0.717, 1.165) is 11.8 Å². The minimum absolute atomic E-state index is 0.160. The van der Waals surface area contributed by atoms with Crippen LogP contribution in [-0.2, 0) is 0 Å². The second-order valence-corrected chi connectivity index (χ2v) is 18.9. The Morgan fingerprint density at radius 1 is 0.367 bits per heavy atom. The molecule has 2 aromatic rings. The topological polar surface area (TPSA) is 74.6 Å². The molecule has 344 valence electrons. The molecule has 0 unspecified atom stereocenters. The van der Waals surface area contributed by atoms with Gasteiger partial charge in [0.05, 0.1) is 37.3 Å². The van der Waals surface area contributed by atoms with Crippen molar-refractivity contribution in [1.29, 1.82) is 0 Å². The van der Waals surface area contributed by atoms with Crippen LogP contribution in [0, 0.1) is 0 Å². The molecule has 0 aliphatic heterocycles. The van der Waals surface area contributed by atoms with Crippen molar-refractivity contribution in [2.75, 3.05) is 26.2 Å². The lowest BCUT2D eigenvalue weighted by Crippen LogP contribution is -2.50. The molecule has 0 saturated heterocycles. The van der Waals surface area contributed by atoms with Crippen LogP contribution in [0.25, 0.3) is 0 Å². The molecule has 0 atom stereocenters. The highest BCUT2D eigenvalue weighted by atomic mass is 32.2. The van der Waals surface area contributed by atoms with E-state index in [-0.39, 0.29) is 11.1 Å². The van der Waals surface area contributed by atoms with Gasteiger partial charge in [-0.05, 0) is 75.6 Å². The number of nitrogens with zero attached hydrogens (tertiary/aromatic N) is 1. The Morgan fingerprint density at radius 3 is 0.817 bits per heavy atom. The Morgan fingerprint density at radius 2 is 0.583 bits per heavy atom. The van der Waals surface area contributed by atoms with Gasteiger partial charge in [-0.25, -0.2) is 9.59 Å². The van der Waals surface area contributed by atoms with Crippen molar-refractivity contribution < 1.29 is 24.3 Å². The highest BCUT2D eigenvalue weighted by Gasteiger charge is 2.26. The first-order chi connectivity index (χ1) is 29.3. The zero-order valence-electron chi connectivity index (χ0n) is 39.6. The van der Waals surface area contributed by atoms with Gasteiger partial charge in [0, 0.05) is 9.79 Å². The molecular formula is C54H94NO4S+. The molecule has 0 aromatic heterocycles. The van der Waals surface area contributed by atoms with E-state index in [4.69, 9.17) is 10.2 Å². The highest BCUT2D eigenvalue weighted by Crippen LogP contribution is 2.33. The molecule has 60 heavy (non-hydrogen) atoms. The first-order valence-corrected chi connectivity index (χ1v) is 26.3. The normalized spacial score (nSPS) is 11.4. The van der Waals surface area contributed by atoms with E-state index in [0.29, 0.717) is 9.79 Å². The molecule has 0 aliphatic carbocycles. The van der Waals surface area contributed by atoms with Gasteiger partial charge in [0.1, 0.15) is 0 Å². The van der Waals surface area contributed by atoms with Crippen molar-refractivity contribution in [2.24, 2.45) is 0 Å². The first-order valence-electron chi connectivity index (χ1n) is 25.5. The highest BCUT2D eigenvalue weighted by molar-refractivity contribution is 7.99. The lowest BCUT2D eigenvalue weighted by atomic mass is 10.0. The van der Waals surface area contributed by atoms with E-state index >= 15 is 0 Å². The number of unbranched alkanes of at least 4 members (excludes halogenated alkanes) is 28. The number of carboxylic acid groups (broad SMARTS) is 2. The second kappa shape index (κ2) is 39.5. The number of carbonyl (C=O) groups is 2. The maximum atomic E-state index is 11.1. The van der Waals surface area contributed by atoms with Crippen LogP contribution in [0.1, 0.15) is 254 Å². The van der Waals surface area contributed by atoms with Gasteiger partial charge in [-0.2, -0.15) is 0 Å². The first kappa shape index (κ1) is 55.7. The molecule has 2 rings (SSSR count). The van der Waals surface area contributed by atoms with Crippen LogP contribution in [-0.4, -0.2) is 52.8 Å². The van der Waals surface area contributed by atoms with E-state index in [1.54, 1.807) is 36.4 Å². The average molecular weight is 853 g/mol. The van der Waals surface area contributed by atoms with Gasteiger partial charge in [0.2, 0.25) is 0 Å². The van der Waals surface area contributed by atoms with Gasteiger partial charge < -0.3 is 14.7 Å². The molecule has 2 N–H and O–H groups in total. The van der Waals surface area contributed by atoms with E-state index < -0.39 is 11.9 Å². The molecular weight excluding hydrogens is 759 g/mol. The van der Waals surface area contributed by atoms with Crippen LogP contribution in [0.5, 0.6) is 0 Å². The van der Waals surface area contributed by atoms with Gasteiger partial charge in [0.25, 0.3) is 0 Å². The Balaban J connectivity index is 0.000000778. The maximum absolute atomic E-state index is 11.1. The number of aromatic carboxylic acids is 2. The Kier molecular flexibility index (Phi) is 36.7. The molecule has 0 radical (unpaired) electrons. The van der Waals surface area contributed by atoms with E-state index in [1.807, 2.05) is 0 Å². The van der Waals surface area contributed by atoms with E-state index in [1.165, 1.54) is 248 Å². The molecule has 2 aromatic carbocycles. The fourth-order valence-electron chi connectivity index (χ4n) is 8.58. The zero-order chi connectivity index (χ0) is 43.8. The summed E-state index contributed by atoms with van der Waals surface area (Å²) in [6.07, 6.45) is 46.7. The van der Waals surface area contributed by atoms with Crippen LogP contribution in [0.15, 0.2) is 58.3 Å². The quantitative estimate of drug-likeness (QED) is 0.0516. The van der Waals surface area contributed by atoms with Gasteiger partial charge >= 0.3 is 11.9 Å². The number of carboxylic acids is 2. The second-order valence-electron chi connectivity index (χ2n) is 17.8. The third kappa shape index (κ3) is 29.1.